The predicted octanol–water partition coefficient (Wildman–Crippen LogP) is 8.35. The summed E-state index contributed by atoms with van der Waals surface area (Å²) in [7, 11) is 0. The highest BCUT2D eigenvalue weighted by atomic mass is 19.2. The average Bonchev–Trinajstić information content (AvgIpc) is 2.89. The summed E-state index contributed by atoms with van der Waals surface area (Å²) in [4.78, 5) is 0. The highest BCUT2D eigenvalue weighted by molar-refractivity contribution is 5.78. The highest BCUT2D eigenvalue weighted by Gasteiger charge is 2.53. The van der Waals surface area contributed by atoms with Crippen LogP contribution in [0.3, 0.4) is 0 Å². The van der Waals surface area contributed by atoms with Crippen molar-refractivity contribution in [2.75, 3.05) is 19.8 Å². The van der Waals surface area contributed by atoms with E-state index in [-0.39, 0.29) is 11.5 Å². The van der Waals surface area contributed by atoms with Crippen molar-refractivity contribution in [2.24, 2.45) is 5.92 Å². The van der Waals surface area contributed by atoms with Crippen LogP contribution >= 0.6 is 0 Å². The third kappa shape index (κ3) is 7.71. The number of hydrogen-bond donors (Lipinski definition) is 0. The maximum Gasteiger partial charge on any atom is 0.193 e. The van der Waals surface area contributed by atoms with E-state index in [4.69, 9.17) is 14.2 Å². The molecule has 1 aliphatic carbocycles. The lowest BCUT2D eigenvalue weighted by Gasteiger charge is -2.44. The van der Waals surface area contributed by atoms with Gasteiger partial charge < -0.3 is 14.2 Å². The first-order valence-corrected chi connectivity index (χ1v) is 13.8. The Morgan fingerprint density at radius 2 is 1.51 bits per heavy atom. The van der Waals surface area contributed by atoms with Gasteiger partial charge in [-0.2, -0.15) is 0 Å². The predicted molar refractivity (Wildman–Crippen MR) is 139 cm³/mol. The Balaban J connectivity index is 1.66. The number of halogens is 2. The molecule has 0 N–H and O–H groups in total. The molecule has 2 aliphatic rings. The van der Waals surface area contributed by atoms with E-state index in [0.717, 1.165) is 38.5 Å². The van der Waals surface area contributed by atoms with E-state index in [0.29, 0.717) is 25.4 Å². The number of alkyl halides is 1. The number of unbranched alkanes of at least 4 members (excludes halogenated alkanes) is 8. The van der Waals surface area contributed by atoms with E-state index in [2.05, 4.69) is 13.8 Å². The van der Waals surface area contributed by atoms with Crippen molar-refractivity contribution < 1.29 is 23.0 Å². The number of rotatable bonds is 15. The van der Waals surface area contributed by atoms with Crippen molar-refractivity contribution in [1.82, 2.24) is 0 Å². The van der Waals surface area contributed by atoms with Gasteiger partial charge in [-0.3, -0.25) is 0 Å². The van der Waals surface area contributed by atoms with Gasteiger partial charge in [0, 0.05) is 18.1 Å². The fourth-order valence-corrected chi connectivity index (χ4v) is 4.91. The summed E-state index contributed by atoms with van der Waals surface area (Å²) in [5, 5.41) is 0. The van der Waals surface area contributed by atoms with Crippen LogP contribution in [0.25, 0.3) is 5.57 Å². The van der Waals surface area contributed by atoms with Crippen LogP contribution in [-0.2, 0) is 14.2 Å². The molecule has 1 aliphatic heterocycles. The lowest BCUT2D eigenvalue weighted by Crippen LogP contribution is -2.57. The molecule has 1 saturated heterocycles. The van der Waals surface area contributed by atoms with Crippen LogP contribution < -0.4 is 0 Å². The molecule has 1 aromatic carbocycles. The van der Waals surface area contributed by atoms with Crippen molar-refractivity contribution >= 4 is 5.57 Å². The van der Waals surface area contributed by atoms with Crippen LogP contribution in [0.4, 0.5) is 8.78 Å². The molecule has 2 unspecified atom stereocenters. The zero-order valence-electron chi connectivity index (χ0n) is 21.7. The highest BCUT2D eigenvalue weighted by Crippen LogP contribution is 2.42. The lowest BCUT2D eigenvalue weighted by atomic mass is 9.85. The second-order valence-corrected chi connectivity index (χ2v) is 10.0. The molecule has 2 atom stereocenters. The third-order valence-electron chi connectivity index (χ3n) is 7.12. The van der Waals surface area contributed by atoms with Crippen molar-refractivity contribution in [2.45, 2.75) is 103 Å². The van der Waals surface area contributed by atoms with Crippen LogP contribution in [0, 0.1) is 5.92 Å². The quantitative estimate of drug-likeness (QED) is 0.231. The Labute approximate surface area is 210 Å². The van der Waals surface area contributed by atoms with E-state index in [1.54, 1.807) is 24.3 Å². The van der Waals surface area contributed by atoms with Gasteiger partial charge in [0.25, 0.3) is 0 Å². The zero-order chi connectivity index (χ0) is 24.9. The topological polar surface area (TPSA) is 27.7 Å². The van der Waals surface area contributed by atoms with Crippen molar-refractivity contribution in [3.63, 3.8) is 0 Å². The molecule has 1 aromatic rings. The van der Waals surface area contributed by atoms with Crippen molar-refractivity contribution in [3.8, 4) is 0 Å². The summed E-state index contributed by atoms with van der Waals surface area (Å²) >= 11 is 0. The lowest BCUT2D eigenvalue weighted by molar-refractivity contribution is -0.285. The summed E-state index contributed by atoms with van der Waals surface area (Å²) in [6.07, 6.45) is 12.7. The minimum Gasteiger partial charge on any atom is -0.362 e. The fraction of sp³-hybridized carbons (Fsp3) is 0.667. The number of benzene rings is 1. The molecule has 0 radical (unpaired) electrons. The minimum atomic E-state index is -1.99. The first-order chi connectivity index (χ1) is 17.1. The number of hydrogen-bond acceptors (Lipinski definition) is 3. The van der Waals surface area contributed by atoms with Crippen LogP contribution in [0.15, 0.2) is 48.3 Å². The Kier molecular flexibility index (Phi) is 11.9. The van der Waals surface area contributed by atoms with Gasteiger partial charge in [-0.15, -0.1) is 0 Å². The molecule has 3 rings (SSSR count). The van der Waals surface area contributed by atoms with Crippen LogP contribution in [0.2, 0.25) is 0 Å². The fourth-order valence-electron chi connectivity index (χ4n) is 4.91. The van der Waals surface area contributed by atoms with E-state index in [1.165, 1.54) is 32.1 Å². The van der Waals surface area contributed by atoms with E-state index < -0.39 is 23.9 Å². The first-order valence-electron chi connectivity index (χ1n) is 13.8. The van der Waals surface area contributed by atoms with Crippen molar-refractivity contribution in [3.05, 3.63) is 53.9 Å². The molecule has 35 heavy (non-hydrogen) atoms. The van der Waals surface area contributed by atoms with Gasteiger partial charge in [0.15, 0.2) is 18.1 Å². The molecule has 0 spiro atoms. The molecule has 196 valence electrons. The molecule has 0 saturated carbocycles. The Morgan fingerprint density at radius 3 is 2.17 bits per heavy atom. The smallest absolute Gasteiger partial charge is 0.193 e. The van der Waals surface area contributed by atoms with Gasteiger partial charge in [0.05, 0.1) is 13.2 Å². The second-order valence-electron chi connectivity index (χ2n) is 10.0. The Morgan fingerprint density at radius 1 is 0.886 bits per heavy atom. The number of allylic oxidation sites excluding steroid dienone is 2. The molecule has 3 nitrogen and oxygen atoms in total. The second kappa shape index (κ2) is 14.9. The van der Waals surface area contributed by atoms with E-state index in [9.17, 15) is 0 Å². The molecule has 0 aromatic heterocycles. The molecule has 0 amide bonds. The van der Waals surface area contributed by atoms with E-state index >= 15 is 8.78 Å². The summed E-state index contributed by atoms with van der Waals surface area (Å²) in [6, 6.07) is 9.07. The molecule has 1 heterocycles. The third-order valence-corrected chi connectivity index (χ3v) is 7.12. The van der Waals surface area contributed by atoms with Gasteiger partial charge in [0.2, 0.25) is 0 Å². The minimum absolute atomic E-state index is 0.251. The van der Waals surface area contributed by atoms with Gasteiger partial charge >= 0.3 is 0 Å². The van der Waals surface area contributed by atoms with Crippen molar-refractivity contribution in [1.29, 1.82) is 0 Å². The summed E-state index contributed by atoms with van der Waals surface area (Å²) in [5.74, 6) is -0.542. The summed E-state index contributed by atoms with van der Waals surface area (Å²) in [6.45, 7) is 5.69. The standard InChI is InChI=1S/C30H44F2O3/c1-3-5-7-9-12-16-24-22-33-29(34-23-24)30(35-21-15-10-8-6-4-2)20-19-26(27(31)28(30)32)25-17-13-11-14-18-25/h11,13-14,17-20,24,28-29H,3-10,12,15-16,21-23H2,1-2H3. The van der Waals surface area contributed by atoms with Crippen LogP contribution in [-0.4, -0.2) is 37.9 Å². The Hall–Kier alpha value is -1.56. The molecular formula is C30H44F2O3. The van der Waals surface area contributed by atoms with Gasteiger partial charge in [-0.05, 0) is 24.5 Å². The summed E-state index contributed by atoms with van der Waals surface area (Å²) < 4.78 is 49.6. The van der Waals surface area contributed by atoms with Crippen LogP contribution in [0.1, 0.15) is 90.0 Å². The van der Waals surface area contributed by atoms with Gasteiger partial charge in [-0.1, -0.05) is 108 Å². The SMILES string of the molecule is CCCCCCCOC1(C2OCC(CCCCCCC)CO2)C=CC(c2ccccc2)=C(F)C1F. The zero-order valence-corrected chi connectivity index (χ0v) is 21.7. The maximum absolute atomic E-state index is 15.9. The van der Waals surface area contributed by atoms with Gasteiger partial charge in [0.1, 0.15) is 5.83 Å². The number of ether oxygens (including phenoxy) is 3. The maximum atomic E-state index is 15.9. The molecular weight excluding hydrogens is 446 g/mol. The van der Waals surface area contributed by atoms with Crippen LogP contribution in [0.5, 0.6) is 0 Å². The Bertz CT molecular complexity index is 786. The summed E-state index contributed by atoms with van der Waals surface area (Å²) in [5.41, 5.74) is -0.717. The van der Waals surface area contributed by atoms with Gasteiger partial charge in [-0.25, -0.2) is 8.78 Å². The average molecular weight is 491 g/mol. The monoisotopic (exact) mass is 490 g/mol. The first kappa shape index (κ1) is 28.0. The molecule has 1 fully saturated rings. The normalized spacial score (nSPS) is 26.9. The van der Waals surface area contributed by atoms with E-state index in [1.807, 2.05) is 18.2 Å². The largest absolute Gasteiger partial charge is 0.362 e. The molecule has 0 bridgehead atoms. The molecule has 5 heteroatoms.